The van der Waals surface area contributed by atoms with Crippen molar-refractivity contribution < 1.29 is 33.3 Å². The van der Waals surface area contributed by atoms with Gasteiger partial charge in [-0.05, 0) is 40.2 Å². The molecular formula is C17H25NO7S. The predicted molar refractivity (Wildman–Crippen MR) is 97.0 cm³/mol. The number of carbonyl (C=O) groups is 3. The zero-order chi connectivity index (χ0) is 19.9. The van der Waals surface area contributed by atoms with Crippen LogP contribution in [0.25, 0.3) is 0 Å². The van der Waals surface area contributed by atoms with Crippen LogP contribution in [0.1, 0.15) is 53.3 Å². The number of hydrogen-bond acceptors (Lipinski definition) is 8. The summed E-state index contributed by atoms with van der Waals surface area (Å²) >= 11 is 0.933. The van der Waals surface area contributed by atoms with Gasteiger partial charge in [-0.3, -0.25) is 5.32 Å². The van der Waals surface area contributed by atoms with E-state index < -0.39 is 23.6 Å². The van der Waals surface area contributed by atoms with Crippen LogP contribution >= 0.6 is 11.3 Å². The molecule has 0 saturated carbocycles. The minimum atomic E-state index is -0.733. The lowest BCUT2D eigenvalue weighted by atomic mass is 10.1. The maximum absolute atomic E-state index is 12.3. The number of hydrogen-bond donors (Lipinski definition) is 1. The van der Waals surface area contributed by atoms with Gasteiger partial charge in [0.1, 0.15) is 22.1 Å². The van der Waals surface area contributed by atoms with Gasteiger partial charge in [0, 0.05) is 7.11 Å². The molecular weight excluding hydrogens is 362 g/mol. The van der Waals surface area contributed by atoms with E-state index in [0.29, 0.717) is 5.56 Å². The lowest BCUT2D eigenvalue weighted by Crippen LogP contribution is -2.27. The summed E-state index contributed by atoms with van der Waals surface area (Å²) in [6, 6.07) is 0. The summed E-state index contributed by atoms with van der Waals surface area (Å²) in [6.07, 6.45) is -0.733. The smallest absolute Gasteiger partial charge is 0.412 e. The monoisotopic (exact) mass is 387 g/mol. The first-order chi connectivity index (χ1) is 12.1. The molecule has 1 amide bonds. The van der Waals surface area contributed by atoms with Crippen molar-refractivity contribution >= 4 is 34.4 Å². The van der Waals surface area contributed by atoms with E-state index in [2.05, 4.69) is 5.32 Å². The van der Waals surface area contributed by atoms with E-state index in [-0.39, 0.29) is 35.3 Å². The Balaban J connectivity index is 3.13. The average Bonchev–Trinajstić information content (AvgIpc) is 2.82. The molecule has 1 rings (SSSR count). The summed E-state index contributed by atoms with van der Waals surface area (Å²) in [5.41, 5.74) is -0.217. The summed E-state index contributed by atoms with van der Waals surface area (Å²) in [4.78, 5) is 36.8. The van der Waals surface area contributed by atoms with Crippen molar-refractivity contribution in [3.63, 3.8) is 0 Å². The molecule has 1 N–H and O–H groups in total. The zero-order valence-corrected chi connectivity index (χ0v) is 16.7. The molecule has 1 heterocycles. The van der Waals surface area contributed by atoms with Gasteiger partial charge in [0.2, 0.25) is 0 Å². The highest BCUT2D eigenvalue weighted by Gasteiger charge is 2.28. The van der Waals surface area contributed by atoms with E-state index in [1.165, 1.54) is 7.11 Å². The fraction of sp³-hybridized carbons (Fsp3) is 0.588. The quantitative estimate of drug-likeness (QED) is 0.435. The highest BCUT2D eigenvalue weighted by Crippen LogP contribution is 2.34. The largest absolute Gasteiger partial charge is 0.462 e. The molecule has 0 aromatic carbocycles. The van der Waals surface area contributed by atoms with Crippen LogP contribution in [0.3, 0.4) is 0 Å². The third kappa shape index (κ3) is 6.30. The Hall–Kier alpha value is -2.13. The lowest BCUT2D eigenvalue weighted by molar-refractivity contribution is 0.0392. The van der Waals surface area contributed by atoms with Gasteiger partial charge in [-0.2, -0.15) is 0 Å². The predicted octanol–water partition coefficient (Wildman–Crippen LogP) is 3.38. The number of amides is 1. The number of anilines is 1. The molecule has 1 aromatic heterocycles. The van der Waals surface area contributed by atoms with Crippen molar-refractivity contribution in [2.45, 2.75) is 40.2 Å². The van der Waals surface area contributed by atoms with Crippen LogP contribution in [-0.4, -0.2) is 50.6 Å². The van der Waals surface area contributed by atoms with E-state index in [4.69, 9.17) is 18.9 Å². The molecule has 0 radical (unpaired) electrons. The van der Waals surface area contributed by atoms with Gasteiger partial charge in [0.05, 0.1) is 18.8 Å². The van der Waals surface area contributed by atoms with Gasteiger partial charge in [-0.25, -0.2) is 14.4 Å². The second-order valence-electron chi connectivity index (χ2n) is 6.24. The van der Waals surface area contributed by atoms with Crippen LogP contribution in [-0.2, 0) is 18.9 Å². The Bertz CT molecular complexity index is 661. The van der Waals surface area contributed by atoms with Crippen LogP contribution in [0.15, 0.2) is 0 Å². The van der Waals surface area contributed by atoms with Crippen LogP contribution in [0, 0.1) is 6.92 Å². The topological polar surface area (TPSA) is 100 Å². The summed E-state index contributed by atoms with van der Waals surface area (Å²) in [5.74, 6) is -1.24. The van der Waals surface area contributed by atoms with Crippen molar-refractivity contribution in [1.82, 2.24) is 0 Å². The first-order valence-electron chi connectivity index (χ1n) is 8.07. The highest BCUT2D eigenvalue weighted by atomic mass is 32.1. The molecule has 0 saturated heterocycles. The molecule has 0 atom stereocenters. The summed E-state index contributed by atoms with van der Waals surface area (Å²) in [6.45, 7) is 8.91. The van der Waals surface area contributed by atoms with Crippen molar-refractivity contribution in [1.29, 1.82) is 0 Å². The van der Waals surface area contributed by atoms with E-state index in [9.17, 15) is 14.4 Å². The summed E-state index contributed by atoms with van der Waals surface area (Å²) < 4.78 is 20.2. The Morgan fingerprint density at radius 3 is 2.27 bits per heavy atom. The number of thiophene rings is 1. The normalized spacial score (nSPS) is 11.0. The summed E-state index contributed by atoms with van der Waals surface area (Å²) in [7, 11) is 1.49. The van der Waals surface area contributed by atoms with E-state index in [1.807, 2.05) is 0 Å². The van der Waals surface area contributed by atoms with Crippen molar-refractivity contribution in [2.24, 2.45) is 0 Å². The molecule has 0 aliphatic carbocycles. The average molecular weight is 387 g/mol. The second kappa shape index (κ2) is 9.54. The standard InChI is InChI=1S/C17H25NO7S/c1-7-23-14(19)11-10(2)12(15(20)24-9-8-22-6)26-13(11)18-16(21)25-17(3,4)5/h7-9H2,1-6H3,(H,18,21). The Morgan fingerprint density at radius 1 is 1.08 bits per heavy atom. The van der Waals surface area contributed by atoms with Gasteiger partial charge in [0.15, 0.2) is 0 Å². The molecule has 0 aliphatic heterocycles. The molecule has 0 aliphatic rings. The van der Waals surface area contributed by atoms with Gasteiger partial charge in [0.25, 0.3) is 0 Å². The fourth-order valence-corrected chi connectivity index (χ4v) is 3.00. The minimum Gasteiger partial charge on any atom is -0.462 e. The maximum Gasteiger partial charge on any atom is 0.412 e. The molecule has 1 aromatic rings. The second-order valence-corrected chi connectivity index (χ2v) is 7.26. The molecule has 26 heavy (non-hydrogen) atoms. The van der Waals surface area contributed by atoms with Crippen LogP contribution < -0.4 is 5.32 Å². The van der Waals surface area contributed by atoms with Crippen molar-refractivity contribution in [3.8, 4) is 0 Å². The minimum absolute atomic E-state index is 0.0796. The molecule has 9 heteroatoms. The Labute approximate surface area is 156 Å². The van der Waals surface area contributed by atoms with Gasteiger partial charge >= 0.3 is 18.0 Å². The number of ether oxygens (including phenoxy) is 4. The molecule has 0 bridgehead atoms. The van der Waals surface area contributed by atoms with Crippen LogP contribution in [0.4, 0.5) is 9.80 Å². The van der Waals surface area contributed by atoms with Crippen LogP contribution in [0.2, 0.25) is 0 Å². The van der Waals surface area contributed by atoms with Gasteiger partial charge in [-0.15, -0.1) is 11.3 Å². The first kappa shape index (κ1) is 21.9. The molecule has 0 spiro atoms. The third-order valence-electron chi connectivity index (χ3n) is 2.95. The van der Waals surface area contributed by atoms with Gasteiger partial charge in [-0.1, -0.05) is 0 Å². The molecule has 0 fully saturated rings. The number of methoxy groups -OCH3 is 1. The number of rotatable bonds is 7. The molecule has 0 unspecified atom stereocenters. The van der Waals surface area contributed by atoms with E-state index in [1.54, 1.807) is 34.6 Å². The maximum atomic E-state index is 12.3. The third-order valence-corrected chi connectivity index (χ3v) is 4.13. The SMILES string of the molecule is CCOC(=O)c1c(NC(=O)OC(C)(C)C)sc(C(=O)OCCOC)c1C. The number of carbonyl (C=O) groups excluding carboxylic acids is 3. The number of nitrogens with one attached hydrogen (secondary N) is 1. The summed E-state index contributed by atoms with van der Waals surface area (Å²) in [5, 5.41) is 2.69. The Morgan fingerprint density at radius 2 is 1.73 bits per heavy atom. The molecule has 146 valence electrons. The van der Waals surface area contributed by atoms with Crippen molar-refractivity contribution in [3.05, 3.63) is 16.0 Å². The van der Waals surface area contributed by atoms with E-state index in [0.717, 1.165) is 11.3 Å². The number of esters is 2. The molecule has 8 nitrogen and oxygen atoms in total. The lowest BCUT2D eigenvalue weighted by Gasteiger charge is -2.19. The van der Waals surface area contributed by atoms with Crippen LogP contribution in [0.5, 0.6) is 0 Å². The van der Waals surface area contributed by atoms with Gasteiger partial charge < -0.3 is 18.9 Å². The van der Waals surface area contributed by atoms with E-state index >= 15 is 0 Å². The zero-order valence-electron chi connectivity index (χ0n) is 15.9. The van der Waals surface area contributed by atoms with Crippen molar-refractivity contribution in [2.75, 3.05) is 32.2 Å². The Kier molecular flexibility index (Phi) is 8.04. The first-order valence-corrected chi connectivity index (χ1v) is 8.88. The fourth-order valence-electron chi connectivity index (χ4n) is 1.92. The highest BCUT2D eigenvalue weighted by molar-refractivity contribution is 7.18.